The molecule has 0 aromatic heterocycles. The second-order valence-corrected chi connectivity index (χ2v) is 6.18. The number of carbonyl (C=O) groups excluding carboxylic acids is 1. The second kappa shape index (κ2) is 8.25. The summed E-state index contributed by atoms with van der Waals surface area (Å²) in [6.07, 6.45) is -1.10. The first-order valence-corrected chi connectivity index (χ1v) is 8.44. The van der Waals surface area contributed by atoms with E-state index in [1.807, 2.05) is 48.5 Å². The van der Waals surface area contributed by atoms with Gasteiger partial charge in [0, 0.05) is 23.4 Å². The zero-order chi connectivity index (χ0) is 19.2. The molecule has 0 radical (unpaired) electrons. The van der Waals surface area contributed by atoms with E-state index >= 15 is 0 Å². The highest BCUT2D eigenvalue weighted by atomic mass is 16.5. The van der Waals surface area contributed by atoms with Gasteiger partial charge in [0.1, 0.15) is 6.61 Å². The minimum atomic E-state index is -1.10. The number of nitrogens with zero attached hydrogens (tertiary/aromatic N) is 3. The average molecular weight is 366 g/mol. The van der Waals surface area contributed by atoms with Gasteiger partial charge >= 0.3 is 12.1 Å². The highest BCUT2D eigenvalue weighted by Gasteiger charge is 2.29. The topological polar surface area (TPSA) is 124 Å². The van der Waals surface area contributed by atoms with Gasteiger partial charge in [0.2, 0.25) is 0 Å². The van der Waals surface area contributed by atoms with E-state index in [-0.39, 0.29) is 25.5 Å². The first-order chi connectivity index (χ1) is 13.1. The maximum absolute atomic E-state index is 12.1. The van der Waals surface area contributed by atoms with Crippen LogP contribution in [0.5, 0.6) is 0 Å². The van der Waals surface area contributed by atoms with Crippen LogP contribution in [0.25, 0.3) is 21.6 Å². The van der Waals surface area contributed by atoms with Crippen LogP contribution in [0.3, 0.4) is 0 Å². The van der Waals surface area contributed by atoms with Crippen molar-refractivity contribution in [3.8, 4) is 11.1 Å². The summed E-state index contributed by atoms with van der Waals surface area (Å²) in [5.41, 5.74) is 12.8. The fraction of sp³-hybridized carbons (Fsp3) is 0.263. The molecule has 0 bridgehead atoms. The molecule has 138 valence electrons. The SMILES string of the molecule is [N-]=[N+]=NC[C@H](CC(=O)O)NC(=O)OCC1c2ccccc2-c2ccccc21. The maximum atomic E-state index is 12.1. The van der Waals surface area contributed by atoms with E-state index in [4.69, 9.17) is 15.4 Å². The largest absolute Gasteiger partial charge is 0.481 e. The van der Waals surface area contributed by atoms with Gasteiger partial charge in [-0.25, -0.2) is 4.79 Å². The molecule has 8 nitrogen and oxygen atoms in total. The summed E-state index contributed by atoms with van der Waals surface area (Å²) < 4.78 is 5.35. The summed E-state index contributed by atoms with van der Waals surface area (Å²) in [5.74, 6) is -1.19. The van der Waals surface area contributed by atoms with Crippen molar-refractivity contribution < 1.29 is 19.4 Å². The van der Waals surface area contributed by atoms with Gasteiger partial charge in [0.25, 0.3) is 0 Å². The number of fused-ring (bicyclic) bond motifs is 3. The van der Waals surface area contributed by atoms with Crippen molar-refractivity contribution in [2.24, 2.45) is 5.11 Å². The molecule has 0 heterocycles. The van der Waals surface area contributed by atoms with Gasteiger partial charge in [-0.15, -0.1) is 0 Å². The van der Waals surface area contributed by atoms with Crippen molar-refractivity contribution in [2.45, 2.75) is 18.4 Å². The lowest BCUT2D eigenvalue weighted by Crippen LogP contribution is -2.39. The third kappa shape index (κ3) is 4.19. The number of carboxylic acid groups (broad SMARTS) is 1. The number of hydrogen-bond donors (Lipinski definition) is 2. The Morgan fingerprint density at radius 1 is 1.15 bits per heavy atom. The van der Waals surface area contributed by atoms with Crippen molar-refractivity contribution in [3.05, 3.63) is 70.1 Å². The van der Waals surface area contributed by atoms with E-state index in [1.54, 1.807) is 0 Å². The number of carbonyl (C=O) groups is 2. The molecule has 1 aliphatic rings. The van der Waals surface area contributed by atoms with E-state index in [0.717, 1.165) is 22.3 Å². The first-order valence-electron chi connectivity index (χ1n) is 8.44. The maximum Gasteiger partial charge on any atom is 0.407 e. The number of rotatable bonds is 7. The highest BCUT2D eigenvalue weighted by molar-refractivity contribution is 5.79. The Kier molecular flexibility index (Phi) is 5.58. The van der Waals surface area contributed by atoms with Crippen LogP contribution in [-0.2, 0) is 9.53 Å². The third-order valence-corrected chi connectivity index (χ3v) is 4.45. The van der Waals surface area contributed by atoms with Crippen LogP contribution in [0, 0.1) is 0 Å². The minimum Gasteiger partial charge on any atom is -0.481 e. The molecule has 0 fully saturated rings. The normalized spacial score (nSPS) is 13.0. The molecule has 0 aliphatic heterocycles. The Morgan fingerprint density at radius 3 is 2.30 bits per heavy atom. The minimum absolute atomic E-state index is 0.0850. The van der Waals surface area contributed by atoms with Crippen molar-refractivity contribution in [1.29, 1.82) is 0 Å². The molecular formula is C19H18N4O4. The number of aliphatic carboxylic acids is 1. The standard InChI is InChI=1S/C19H18N4O4/c20-23-21-10-12(9-18(24)25)22-19(26)27-11-17-15-7-3-1-5-13(15)14-6-2-4-8-16(14)17/h1-8,12,17H,9-11H2,(H,22,26)(H,24,25)/t12-/m0/s1. The zero-order valence-electron chi connectivity index (χ0n) is 14.4. The number of benzene rings is 2. The van der Waals surface area contributed by atoms with Crippen LogP contribution in [0.4, 0.5) is 4.79 Å². The summed E-state index contributed by atoms with van der Waals surface area (Å²) in [6.45, 7) is -0.0336. The molecule has 27 heavy (non-hydrogen) atoms. The summed E-state index contributed by atoms with van der Waals surface area (Å²) in [7, 11) is 0. The molecule has 0 saturated heterocycles. The van der Waals surface area contributed by atoms with E-state index < -0.39 is 18.1 Å². The summed E-state index contributed by atoms with van der Waals surface area (Å²) in [6, 6.07) is 15.1. The lowest BCUT2D eigenvalue weighted by molar-refractivity contribution is -0.137. The van der Waals surface area contributed by atoms with E-state index in [9.17, 15) is 9.59 Å². The quantitative estimate of drug-likeness (QED) is 0.440. The van der Waals surface area contributed by atoms with Gasteiger partial charge in [-0.05, 0) is 27.8 Å². The molecular weight excluding hydrogens is 348 g/mol. The smallest absolute Gasteiger partial charge is 0.407 e. The van der Waals surface area contributed by atoms with Crippen LogP contribution in [-0.4, -0.2) is 36.4 Å². The van der Waals surface area contributed by atoms with Gasteiger partial charge < -0.3 is 15.2 Å². The van der Waals surface area contributed by atoms with E-state index in [1.165, 1.54) is 0 Å². The summed E-state index contributed by atoms with van der Waals surface area (Å²) in [4.78, 5) is 25.6. The second-order valence-electron chi connectivity index (χ2n) is 6.18. The number of alkyl carbamates (subject to hydrolysis) is 1. The van der Waals surface area contributed by atoms with Crippen LogP contribution in [0.15, 0.2) is 53.6 Å². The molecule has 2 N–H and O–H groups in total. The number of nitrogens with one attached hydrogen (secondary N) is 1. The monoisotopic (exact) mass is 366 g/mol. The van der Waals surface area contributed by atoms with Crippen molar-refractivity contribution >= 4 is 12.1 Å². The molecule has 8 heteroatoms. The third-order valence-electron chi connectivity index (χ3n) is 4.45. The van der Waals surface area contributed by atoms with Crippen LogP contribution in [0.1, 0.15) is 23.5 Å². The van der Waals surface area contributed by atoms with Gasteiger partial charge in [0.05, 0.1) is 6.42 Å². The van der Waals surface area contributed by atoms with Gasteiger partial charge in [-0.2, -0.15) is 0 Å². The van der Waals surface area contributed by atoms with Crippen LogP contribution in [0.2, 0.25) is 0 Å². The number of hydrogen-bond acceptors (Lipinski definition) is 4. The summed E-state index contributed by atoms with van der Waals surface area (Å²) in [5, 5.41) is 14.7. The summed E-state index contributed by atoms with van der Waals surface area (Å²) >= 11 is 0. The molecule has 0 unspecified atom stereocenters. The van der Waals surface area contributed by atoms with E-state index in [0.29, 0.717) is 0 Å². The van der Waals surface area contributed by atoms with E-state index in [2.05, 4.69) is 15.3 Å². The van der Waals surface area contributed by atoms with Gasteiger partial charge in [-0.1, -0.05) is 53.6 Å². The fourth-order valence-corrected chi connectivity index (χ4v) is 3.31. The molecule has 2 aromatic carbocycles. The predicted octanol–water partition coefficient (Wildman–Crippen LogP) is 3.68. The van der Waals surface area contributed by atoms with Crippen LogP contribution >= 0.6 is 0 Å². The molecule has 2 aromatic rings. The highest BCUT2D eigenvalue weighted by Crippen LogP contribution is 2.44. The van der Waals surface area contributed by atoms with Gasteiger partial charge in [-0.3, -0.25) is 4.79 Å². The Morgan fingerprint density at radius 2 is 1.74 bits per heavy atom. The van der Waals surface area contributed by atoms with Crippen LogP contribution < -0.4 is 5.32 Å². The lowest BCUT2D eigenvalue weighted by atomic mass is 9.98. The number of azide groups is 1. The Balaban J connectivity index is 1.68. The zero-order valence-corrected chi connectivity index (χ0v) is 14.4. The Hall–Kier alpha value is -3.51. The molecule has 3 rings (SSSR count). The first kappa shape index (κ1) is 18.3. The molecule has 1 aliphatic carbocycles. The Bertz CT molecular complexity index is 859. The predicted molar refractivity (Wildman–Crippen MR) is 98.3 cm³/mol. The van der Waals surface area contributed by atoms with Crippen molar-refractivity contribution in [3.63, 3.8) is 0 Å². The average Bonchev–Trinajstić information content (AvgIpc) is 2.98. The van der Waals surface area contributed by atoms with Crippen molar-refractivity contribution in [1.82, 2.24) is 5.32 Å². The molecule has 0 saturated carbocycles. The number of amides is 1. The lowest BCUT2D eigenvalue weighted by Gasteiger charge is -2.17. The molecule has 1 amide bonds. The molecule has 1 atom stereocenters. The number of ether oxygens (including phenoxy) is 1. The van der Waals surface area contributed by atoms with Gasteiger partial charge in [0.15, 0.2) is 0 Å². The fourth-order valence-electron chi connectivity index (χ4n) is 3.31. The van der Waals surface area contributed by atoms with Crippen molar-refractivity contribution in [2.75, 3.05) is 13.2 Å². The number of carboxylic acids is 1. The molecule has 0 spiro atoms. The Labute approximate surface area is 155 Å².